The van der Waals surface area contributed by atoms with E-state index in [9.17, 15) is 9.59 Å². The number of aromatic nitrogens is 3. The fraction of sp³-hybridized carbons (Fsp3) is 0.176. The molecule has 0 saturated heterocycles. The second-order valence-electron chi connectivity index (χ2n) is 5.37. The number of hydrogen-bond acceptors (Lipinski definition) is 6. The minimum atomic E-state index is -0.421. The molecule has 2 aromatic heterocycles. The predicted molar refractivity (Wildman–Crippen MR) is 106 cm³/mol. The van der Waals surface area contributed by atoms with E-state index >= 15 is 0 Å². The largest absolute Gasteiger partial charge is 0.461 e. The number of carbonyl (C=O) groups excluding carboxylic acids is 2. The van der Waals surface area contributed by atoms with Crippen molar-refractivity contribution in [3.63, 3.8) is 0 Å². The second-order valence-corrected chi connectivity index (χ2v) is 7.56. The van der Waals surface area contributed by atoms with E-state index in [1.807, 2.05) is 12.1 Å². The zero-order valence-corrected chi connectivity index (χ0v) is 16.6. The number of ketones is 1. The molecule has 0 spiro atoms. The van der Waals surface area contributed by atoms with Gasteiger partial charge in [-0.05, 0) is 46.9 Å². The molecule has 1 amide bonds. The molecule has 0 fully saturated rings. The molecular formula is C17H15IN4O3S. The summed E-state index contributed by atoms with van der Waals surface area (Å²) in [5, 5.41) is 8.81. The van der Waals surface area contributed by atoms with Crippen LogP contribution in [0.1, 0.15) is 16.8 Å². The number of primary amides is 1. The number of nitrogens with zero attached hydrogens (tertiary/aromatic N) is 3. The van der Waals surface area contributed by atoms with Crippen molar-refractivity contribution in [2.24, 2.45) is 5.73 Å². The van der Waals surface area contributed by atoms with E-state index in [0.717, 1.165) is 3.57 Å². The van der Waals surface area contributed by atoms with E-state index in [2.05, 4.69) is 32.8 Å². The fourth-order valence-electron chi connectivity index (χ4n) is 2.26. The average molecular weight is 482 g/mol. The van der Waals surface area contributed by atoms with Gasteiger partial charge in [0, 0.05) is 22.1 Å². The molecule has 0 aliphatic rings. The molecule has 2 heterocycles. The lowest BCUT2D eigenvalue weighted by Gasteiger charge is -2.07. The molecule has 3 rings (SSSR count). The number of rotatable bonds is 8. The minimum absolute atomic E-state index is 0.00426. The predicted octanol–water partition coefficient (Wildman–Crippen LogP) is 2.99. The highest BCUT2D eigenvalue weighted by molar-refractivity contribution is 14.1. The highest BCUT2D eigenvalue weighted by Crippen LogP contribution is 2.25. The maximum Gasteiger partial charge on any atom is 0.219 e. The third-order valence-electron chi connectivity index (χ3n) is 3.54. The van der Waals surface area contributed by atoms with Gasteiger partial charge in [0.15, 0.2) is 22.5 Å². The van der Waals surface area contributed by atoms with Crippen molar-refractivity contribution in [3.8, 4) is 11.6 Å². The lowest BCUT2D eigenvalue weighted by molar-refractivity contribution is -0.118. The van der Waals surface area contributed by atoms with Gasteiger partial charge in [-0.25, -0.2) is 0 Å². The maximum atomic E-state index is 12.4. The van der Waals surface area contributed by atoms with Crippen LogP contribution in [0.5, 0.6) is 0 Å². The normalized spacial score (nSPS) is 10.8. The molecule has 0 bridgehead atoms. The highest BCUT2D eigenvalue weighted by atomic mass is 127. The molecule has 0 aliphatic carbocycles. The van der Waals surface area contributed by atoms with Crippen molar-refractivity contribution in [1.29, 1.82) is 0 Å². The Morgan fingerprint density at radius 2 is 1.96 bits per heavy atom. The van der Waals surface area contributed by atoms with Crippen LogP contribution in [0.3, 0.4) is 0 Å². The topological polar surface area (TPSA) is 104 Å². The van der Waals surface area contributed by atoms with Crippen LogP contribution in [0.2, 0.25) is 0 Å². The van der Waals surface area contributed by atoms with E-state index in [0.29, 0.717) is 28.8 Å². The van der Waals surface area contributed by atoms with Gasteiger partial charge in [0.25, 0.3) is 0 Å². The molecule has 0 radical (unpaired) electrons. The standard InChI is InChI=1S/C17H15IN4O3S/c18-12-5-3-11(4-6-12)13(23)10-26-17-21-20-16(14-2-1-9-25-14)22(17)8-7-15(19)24/h1-6,9H,7-8,10H2,(H2,19,24). The number of furan rings is 1. The third kappa shape index (κ3) is 4.52. The summed E-state index contributed by atoms with van der Waals surface area (Å²) in [4.78, 5) is 23.5. The monoisotopic (exact) mass is 482 g/mol. The molecule has 0 aliphatic heterocycles. The SMILES string of the molecule is NC(=O)CCn1c(SCC(=O)c2ccc(I)cc2)nnc1-c1ccco1. The molecule has 0 saturated carbocycles. The Morgan fingerprint density at radius 1 is 1.19 bits per heavy atom. The van der Waals surface area contributed by atoms with E-state index in [-0.39, 0.29) is 18.0 Å². The molecule has 7 nitrogen and oxygen atoms in total. The van der Waals surface area contributed by atoms with Gasteiger partial charge < -0.3 is 10.2 Å². The Balaban J connectivity index is 1.77. The summed E-state index contributed by atoms with van der Waals surface area (Å²) in [6.45, 7) is 0.318. The Morgan fingerprint density at radius 3 is 2.62 bits per heavy atom. The summed E-state index contributed by atoms with van der Waals surface area (Å²) in [5.41, 5.74) is 5.91. The first-order valence-corrected chi connectivity index (χ1v) is 9.78. The Bertz CT molecular complexity index is 907. The molecule has 134 valence electrons. The van der Waals surface area contributed by atoms with Crippen molar-refractivity contribution >= 4 is 46.0 Å². The van der Waals surface area contributed by atoms with Crippen molar-refractivity contribution < 1.29 is 14.0 Å². The lowest BCUT2D eigenvalue weighted by atomic mass is 10.2. The maximum absolute atomic E-state index is 12.4. The van der Waals surface area contributed by atoms with Crippen molar-refractivity contribution in [2.45, 2.75) is 18.1 Å². The number of thioether (sulfide) groups is 1. The van der Waals surface area contributed by atoms with Gasteiger partial charge in [-0.2, -0.15) is 0 Å². The molecule has 0 atom stereocenters. The number of amides is 1. The Hall–Kier alpha value is -2.14. The van der Waals surface area contributed by atoms with Crippen LogP contribution in [0.25, 0.3) is 11.6 Å². The minimum Gasteiger partial charge on any atom is -0.461 e. The van der Waals surface area contributed by atoms with Gasteiger partial charge >= 0.3 is 0 Å². The Kier molecular flexibility index (Phi) is 6.09. The molecule has 0 unspecified atom stereocenters. The lowest BCUT2D eigenvalue weighted by Crippen LogP contribution is -2.15. The summed E-state index contributed by atoms with van der Waals surface area (Å²) < 4.78 is 8.19. The zero-order valence-electron chi connectivity index (χ0n) is 13.6. The summed E-state index contributed by atoms with van der Waals surface area (Å²) in [5.74, 6) is 0.830. The number of carbonyl (C=O) groups is 2. The van der Waals surface area contributed by atoms with Crippen molar-refractivity contribution in [1.82, 2.24) is 14.8 Å². The van der Waals surface area contributed by atoms with Gasteiger partial charge in [0.05, 0.1) is 12.0 Å². The molecule has 2 N–H and O–H groups in total. The summed E-state index contributed by atoms with van der Waals surface area (Å²) in [6, 6.07) is 10.9. The first-order valence-electron chi connectivity index (χ1n) is 7.71. The van der Waals surface area contributed by atoms with Crippen LogP contribution in [0.15, 0.2) is 52.2 Å². The van der Waals surface area contributed by atoms with Crippen molar-refractivity contribution in [3.05, 3.63) is 51.8 Å². The van der Waals surface area contributed by atoms with Gasteiger partial charge in [-0.15, -0.1) is 10.2 Å². The molecule has 9 heteroatoms. The summed E-state index contributed by atoms with van der Waals surface area (Å²) in [6.07, 6.45) is 1.68. The zero-order chi connectivity index (χ0) is 18.5. The highest BCUT2D eigenvalue weighted by Gasteiger charge is 2.18. The van der Waals surface area contributed by atoms with Crippen LogP contribution in [-0.2, 0) is 11.3 Å². The quantitative estimate of drug-likeness (QED) is 0.301. The van der Waals surface area contributed by atoms with Gasteiger partial charge in [0.2, 0.25) is 5.91 Å². The number of Topliss-reactive ketones (excluding diaryl/α,β-unsaturated/α-hetero) is 1. The Labute approximate surface area is 167 Å². The molecule has 26 heavy (non-hydrogen) atoms. The molecular weight excluding hydrogens is 467 g/mol. The summed E-state index contributed by atoms with van der Waals surface area (Å²) in [7, 11) is 0. The van der Waals surface area contributed by atoms with E-state index in [1.165, 1.54) is 18.0 Å². The van der Waals surface area contributed by atoms with Crippen LogP contribution in [0, 0.1) is 3.57 Å². The number of nitrogens with two attached hydrogens (primary N) is 1. The van der Waals surface area contributed by atoms with Gasteiger partial charge in [-0.3, -0.25) is 14.2 Å². The smallest absolute Gasteiger partial charge is 0.219 e. The van der Waals surface area contributed by atoms with Gasteiger partial charge in [0.1, 0.15) is 0 Å². The van der Waals surface area contributed by atoms with Crippen LogP contribution in [-0.4, -0.2) is 32.2 Å². The number of halogens is 1. The molecule has 3 aromatic rings. The molecule has 1 aromatic carbocycles. The summed E-state index contributed by atoms with van der Waals surface area (Å²) >= 11 is 3.46. The first-order chi connectivity index (χ1) is 12.5. The van der Waals surface area contributed by atoms with Crippen LogP contribution >= 0.6 is 34.4 Å². The average Bonchev–Trinajstić information content (AvgIpc) is 3.27. The third-order valence-corrected chi connectivity index (χ3v) is 5.22. The van der Waals surface area contributed by atoms with E-state index in [4.69, 9.17) is 10.2 Å². The van der Waals surface area contributed by atoms with E-state index in [1.54, 1.807) is 28.8 Å². The fourth-order valence-corrected chi connectivity index (χ4v) is 3.47. The van der Waals surface area contributed by atoms with Crippen molar-refractivity contribution in [2.75, 3.05) is 5.75 Å². The second kappa shape index (κ2) is 8.49. The van der Waals surface area contributed by atoms with Crippen LogP contribution < -0.4 is 5.73 Å². The number of hydrogen-bond donors (Lipinski definition) is 1. The van der Waals surface area contributed by atoms with Gasteiger partial charge in [-0.1, -0.05) is 23.9 Å². The van der Waals surface area contributed by atoms with E-state index < -0.39 is 5.91 Å². The van der Waals surface area contributed by atoms with Crippen LogP contribution in [0.4, 0.5) is 0 Å². The first kappa shape index (κ1) is 18.6. The number of benzene rings is 1.